The lowest BCUT2D eigenvalue weighted by molar-refractivity contribution is -0.179. The molecule has 1 N–H and O–H groups in total. The van der Waals surface area contributed by atoms with Crippen molar-refractivity contribution in [3.05, 3.63) is 46.9 Å². The van der Waals surface area contributed by atoms with Crippen LogP contribution in [0.2, 0.25) is 0 Å². The van der Waals surface area contributed by atoms with E-state index in [4.69, 9.17) is 9.47 Å². The number of H-pyrrole nitrogens is 1. The van der Waals surface area contributed by atoms with E-state index in [1.807, 2.05) is 18.3 Å². The smallest absolute Gasteiger partial charge is 0.263 e. The van der Waals surface area contributed by atoms with Gasteiger partial charge in [0.05, 0.1) is 24.3 Å². The lowest BCUT2D eigenvalue weighted by atomic mass is 9.89. The molecule has 2 aliphatic rings. The van der Waals surface area contributed by atoms with E-state index in [2.05, 4.69) is 23.8 Å². The zero-order valence-electron chi connectivity index (χ0n) is 13.5. The standard InChI is InChI=1S/C19H16N2O3/c1-10-13-9-20-6-5-12(13)11(2)18-16(10)17-14(21-18)3-4-15(22)19(17)23-7-8-24-19/h3-6,9,21H,7-8H2,1-2H3. The van der Waals surface area contributed by atoms with E-state index < -0.39 is 5.79 Å². The molecule has 1 aliphatic carbocycles. The van der Waals surface area contributed by atoms with E-state index >= 15 is 0 Å². The number of aromatic nitrogens is 2. The molecule has 0 atom stereocenters. The molecule has 1 aliphatic heterocycles. The van der Waals surface area contributed by atoms with E-state index in [1.54, 1.807) is 6.20 Å². The summed E-state index contributed by atoms with van der Waals surface area (Å²) < 4.78 is 11.7. The van der Waals surface area contributed by atoms with E-state index in [1.165, 1.54) is 6.08 Å². The Kier molecular flexibility index (Phi) is 2.62. The highest BCUT2D eigenvalue weighted by Gasteiger charge is 2.50. The number of aromatic amines is 1. The Balaban J connectivity index is 2.00. The highest BCUT2D eigenvalue weighted by Crippen LogP contribution is 2.45. The SMILES string of the molecule is Cc1c2ccncc2c(C)c2c3c([nH]c12)C=CC(=O)C31OCCO1. The molecule has 0 saturated carbocycles. The van der Waals surface area contributed by atoms with Crippen molar-refractivity contribution in [1.29, 1.82) is 0 Å². The van der Waals surface area contributed by atoms with Crippen molar-refractivity contribution in [2.45, 2.75) is 19.6 Å². The van der Waals surface area contributed by atoms with Gasteiger partial charge in [-0.1, -0.05) is 0 Å². The molecular formula is C19H16N2O3. The molecule has 1 saturated heterocycles. The molecule has 5 nitrogen and oxygen atoms in total. The van der Waals surface area contributed by atoms with E-state index in [0.717, 1.165) is 44.1 Å². The predicted octanol–water partition coefficient (Wildman–Crippen LogP) is 3.13. The molecule has 3 heterocycles. The molecular weight excluding hydrogens is 304 g/mol. The fourth-order valence-corrected chi connectivity index (χ4v) is 4.02. The Hall–Kier alpha value is -2.50. The number of nitrogens with zero attached hydrogens (tertiary/aromatic N) is 1. The molecule has 120 valence electrons. The molecule has 1 spiro atoms. The number of carbonyl (C=O) groups excluding carboxylic acids is 1. The molecule has 0 amide bonds. The second kappa shape index (κ2) is 4.53. The molecule has 0 bridgehead atoms. The lowest BCUT2D eigenvalue weighted by Crippen LogP contribution is -2.38. The molecule has 5 heteroatoms. The minimum atomic E-state index is -1.31. The zero-order valence-corrected chi connectivity index (χ0v) is 13.5. The van der Waals surface area contributed by atoms with Crippen LogP contribution in [-0.4, -0.2) is 29.0 Å². The Morgan fingerprint density at radius 1 is 1.12 bits per heavy atom. The van der Waals surface area contributed by atoms with Crippen LogP contribution in [0.3, 0.4) is 0 Å². The van der Waals surface area contributed by atoms with Crippen molar-refractivity contribution in [2.24, 2.45) is 0 Å². The van der Waals surface area contributed by atoms with Gasteiger partial charge in [-0.3, -0.25) is 9.78 Å². The minimum Gasteiger partial charge on any atom is -0.354 e. The van der Waals surface area contributed by atoms with Crippen LogP contribution in [0.15, 0.2) is 24.5 Å². The number of pyridine rings is 1. The van der Waals surface area contributed by atoms with E-state index in [9.17, 15) is 4.79 Å². The van der Waals surface area contributed by atoms with Gasteiger partial charge in [0.25, 0.3) is 5.79 Å². The quantitative estimate of drug-likeness (QED) is 0.691. The van der Waals surface area contributed by atoms with Gasteiger partial charge in [0.1, 0.15) is 0 Å². The second-order valence-corrected chi connectivity index (χ2v) is 6.35. The number of hydrogen-bond donors (Lipinski definition) is 1. The first kappa shape index (κ1) is 13.9. The van der Waals surface area contributed by atoms with Crippen LogP contribution >= 0.6 is 0 Å². The summed E-state index contributed by atoms with van der Waals surface area (Å²) >= 11 is 0. The van der Waals surface area contributed by atoms with Gasteiger partial charge in [-0.15, -0.1) is 0 Å². The fraction of sp³-hybridized carbons (Fsp3) is 0.263. The van der Waals surface area contributed by atoms with Crippen molar-refractivity contribution >= 4 is 33.5 Å². The van der Waals surface area contributed by atoms with Gasteiger partial charge in [-0.2, -0.15) is 0 Å². The largest absolute Gasteiger partial charge is 0.354 e. The van der Waals surface area contributed by atoms with Gasteiger partial charge in [-0.05, 0) is 48.6 Å². The number of fused-ring (bicyclic) bond motifs is 5. The van der Waals surface area contributed by atoms with Crippen molar-refractivity contribution in [3.8, 4) is 0 Å². The van der Waals surface area contributed by atoms with Crippen molar-refractivity contribution in [2.75, 3.05) is 13.2 Å². The number of ether oxygens (including phenoxy) is 2. The molecule has 1 fully saturated rings. The third kappa shape index (κ3) is 1.51. The van der Waals surface area contributed by atoms with Gasteiger partial charge in [0, 0.05) is 28.9 Å². The highest BCUT2D eigenvalue weighted by molar-refractivity contribution is 6.12. The summed E-state index contributed by atoms with van der Waals surface area (Å²) in [5.41, 5.74) is 4.91. The molecule has 0 unspecified atom stereocenters. The van der Waals surface area contributed by atoms with Crippen LogP contribution in [0.25, 0.3) is 27.8 Å². The number of benzene rings is 1. The zero-order chi connectivity index (χ0) is 16.5. The van der Waals surface area contributed by atoms with Crippen LogP contribution in [0.4, 0.5) is 0 Å². The summed E-state index contributed by atoms with van der Waals surface area (Å²) in [6, 6.07) is 2.02. The van der Waals surface area contributed by atoms with Crippen molar-refractivity contribution in [1.82, 2.24) is 9.97 Å². The topological polar surface area (TPSA) is 64.2 Å². The first-order valence-corrected chi connectivity index (χ1v) is 8.03. The summed E-state index contributed by atoms with van der Waals surface area (Å²) in [5, 5.41) is 3.24. The summed E-state index contributed by atoms with van der Waals surface area (Å²) in [6.45, 7) is 4.98. The maximum atomic E-state index is 12.6. The number of rotatable bonds is 0. The van der Waals surface area contributed by atoms with Crippen LogP contribution in [0, 0.1) is 13.8 Å². The number of aryl methyl sites for hydroxylation is 2. The second-order valence-electron chi connectivity index (χ2n) is 6.35. The van der Waals surface area contributed by atoms with Gasteiger partial charge < -0.3 is 14.5 Å². The average molecular weight is 320 g/mol. The van der Waals surface area contributed by atoms with Crippen molar-refractivity contribution < 1.29 is 14.3 Å². The van der Waals surface area contributed by atoms with Gasteiger partial charge in [-0.25, -0.2) is 0 Å². The van der Waals surface area contributed by atoms with Crippen LogP contribution in [0.1, 0.15) is 22.4 Å². The third-order valence-corrected chi connectivity index (χ3v) is 5.16. The third-order valence-electron chi connectivity index (χ3n) is 5.16. The summed E-state index contributed by atoms with van der Waals surface area (Å²) in [7, 11) is 0. The monoisotopic (exact) mass is 320 g/mol. The average Bonchev–Trinajstić information content (AvgIpc) is 3.22. The molecule has 3 aromatic rings. The number of carbonyl (C=O) groups is 1. The number of hydrogen-bond acceptors (Lipinski definition) is 4. The molecule has 1 aromatic carbocycles. The van der Waals surface area contributed by atoms with Crippen LogP contribution in [0.5, 0.6) is 0 Å². The molecule has 24 heavy (non-hydrogen) atoms. The van der Waals surface area contributed by atoms with Gasteiger partial charge >= 0.3 is 0 Å². The summed E-state index contributed by atoms with van der Waals surface area (Å²) in [6.07, 6.45) is 7.03. The maximum absolute atomic E-state index is 12.6. The van der Waals surface area contributed by atoms with E-state index in [0.29, 0.717) is 13.2 Å². The predicted molar refractivity (Wildman–Crippen MR) is 90.7 cm³/mol. The first-order valence-electron chi connectivity index (χ1n) is 8.03. The van der Waals surface area contributed by atoms with Crippen molar-refractivity contribution in [3.63, 3.8) is 0 Å². The first-order chi connectivity index (χ1) is 11.6. The Labute approximate surface area is 138 Å². The molecule has 5 rings (SSSR count). The highest BCUT2D eigenvalue weighted by atomic mass is 16.7. The summed E-state index contributed by atoms with van der Waals surface area (Å²) in [4.78, 5) is 20.4. The lowest BCUT2D eigenvalue weighted by Gasteiger charge is -2.28. The van der Waals surface area contributed by atoms with E-state index in [-0.39, 0.29) is 5.78 Å². The molecule has 0 radical (unpaired) electrons. The summed E-state index contributed by atoms with van der Waals surface area (Å²) in [5.74, 6) is -1.47. The van der Waals surface area contributed by atoms with Crippen LogP contribution < -0.4 is 0 Å². The number of nitrogens with one attached hydrogen (secondary N) is 1. The van der Waals surface area contributed by atoms with Gasteiger partial charge in [0.15, 0.2) is 0 Å². The minimum absolute atomic E-state index is 0.156. The Bertz CT molecular complexity index is 1060. The Morgan fingerprint density at radius 2 is 1.92 bits per heavy atom. The normalized spacial score (nSPS) is 18.8. The molecule has 2 aromatic heterocycles. The fourth-order valence-electron chi connectivity index (χ4n) is 4.02. The number of ketones is 1. The Morgan fingerprint density at radius 3 is 2.71 bits per heavy atom. The van der Waals surface area contributed by atoms with Gasteiger partial charge in [0.2, 0.25) is 5.78 Å². The van der Waals surface area contributed by atoms with Crippen LogP contribution in [-0.2, 0) is 20.1 Å². The maximum Gasteiger partial charge on any atom is 0.263 e.